The van der Waals surface area contributed by atoms with Crippen LogP contribution in [0.1, 0.15) is 44.3 Å². The zero-order chi connectivity index (χ0) is 26.8. The van der Waals surface area contributed by atoms with Crippen molar-refractivity contribution in [3.05, 3.63) is 104 Å². The first kappa shape index (κ1) is 26.7. The summed E-state index contributed by atoms with van der Waals surface area (Å²) in [4.78, 5) is 31.4. The van der Waals surface area contributed by atoms with Crippen LogP contribution in [0.25, 0.3) is 20.2 Å². The molecule has 0 aliphatic carbocycles. The lowest BCUT2D eigenvalue weighted by Crippen LogP contribution is -2.30. The van der Waals surface area contributed by atoms with Crippen LogP contribution in [0.3, 0.4) is 0 Å². The largest absolute Gasteiger partial charge is 0.334 e. The second kappa shape index (κ2) is 11.5. The van der Waals surface area contributed by atoms with Crippen molar-refractivity contribution >= 4 is 77.9 Å². The first-order chi connectivity index (χ1) is 18.4. The molecule has 2 heterocycles. The van der Waals surface area contributed by atoms with Gasteiger partial charge in [-0.25, -0.2) is 0 Å². The Morgan fingerprint density at radius 2 is 1.00 bits per heavy atom. The fourth-order valence-electron chi connectivity index (χ4n) is 4.44. The Morgan fingerprint density at radius 1 is 0.632 bits per heavy atom. The minimum absolute atomic E-state index is 0.0641. The van der Waals surface area contributed by atoms with Crippen molar-refractivity contribution in [2.45, 2.75) is 26.9 Å². The van der Waals surface area contributed by atoms with Crippen molar-refractivity contribution in [3.8, 4) is 0 Å². The minimum atomic E-state index is -0.0641. The van der Waals surface area contributed by atoms with Gasteiger partial charge in [-0.2, -0.15) is 0 Å². The third-order valence-electron chi connectivity index (χ3n) is 6.57. The molecule has 3 aromatic carbocycles. The van der Waals surface area contributed by atoms with Gasteiger partial charge in [-0.1, -0.05) is 83.9 Å². The van der Waals surface area contributed by atoms with Crippen LogP contribution in [0, 0.1) is 0 Å². The van der Waals surface area contributed by atoms with Gasteiger partial charge in [-0.3, -0.25) is 9.59 Å². The highest BCUT2D eigenvalue weighted by molar-refractivity contribution is 7.22. The Hall–Kier alpha value is -2.90. The van der Waals surface area contributed by atoms with Crippen LogP contribution in [0.2, 0.25) is 10.0 Å². The van der Waals surface area contributed by atoms with Crippen LogP contribution >= 0.6 is 45.9 Å². The molecule has 8 heteroatoms. The number of hydrogen-bond acceptors (Lipinski definition) is 4. The van der Waals surface area contributed by atoms with Crippen molar-refractivity contribution in [2.75, 3.05) is 13.1 Å². The van der Waals surface area contributed by atoms with E-state index >= 15 is 0 Å². The Balaban J connectivity index is 1.28. The minimum Gasteiger partial charge on any atom is -0.334 e. The van der Waals surface area contributed by atoms with Gasteiger partial charge < -0.3 is 9.80 Å². The van der Waals surface area contributed by atoms with E-state index in [4.69, 9.17) is 23.2 Å². The number of carbonyl (C=O) groups excluding carboxylic acids is 2. The van der Waals surface area contributed by atoms with Crippen LogP contribution in [-0.2, 0) is 13.1 Å². The summed E-state index contributed by atoms with van der Waals surface area (Å²) >= 11 is 16.0. The van der Waals surface area contributed by atoms with Crippen LogP contribution in [0.5, 0.6) is 0 Å². The van der Waals surface area contributed by atoms with Crippen LogP contribution in [-0.4, -0.2) is 34.7 Å². The first-order valence-corrected chi connectivity index (χ1v) is 14.8. The molecule has 194 valence electrons. The molecule has 2 aromatic heterocycles. The summed E-state index contributed by atoms with van der Waals surface area (Å²) in [6.07, 6.45) is 0. The predicted octanol–water partition coefficient (Wildman–Crippen LogP) is 8.75. The van der Waals surface area contributed by atoms with Gasteiger partial charge in [0, 0.05) is 46.4 Å². The monoisotopic (exact) mass is 580 g/mol. The van der Waals surface area contributed by atoms with Gasteiger partial charge >= 0.3 is 0 Å². The number of nitrogens with zero attached hydrogens (tertiary/aromatic N) is 2. The maximum Gasteiger partial charge on any atom is 0.265 e. The van der Waals surface area contributed by atoms with E-state index in [2.05, 4.69) is 0 Å². The van der Waals surface area contributed by atoms with Crippen LogP contribution < -0.4 is 0 Å². The second-order valence-electron chi connectivity index (χ2n) is 8.94. The van der Waals surface area contributed by atoms with Crippen LogP contribution in [0.4, 0.5) is 0 Å². The maximum atomic E-state index is 13.3. The quantitative estimate of drug-likeness (QED) is 0.184. The molecule has 0 spiro atoms. The van der Waals surface area contributed by atoms with Gasteiger partial charge in [-0.15, -0.1) is 22.7 Å². The Labute approximate surface area is 240 Å². The van der Waals surface area contributed by atoms with Crippen molar-refractivity contribution in [1.29, 1.82) is 0 Å². The molecular formula is C30H26Cl2N2O2S2. The molecule has 0 saturated heterocycles. The van der Waals surface area contributed by atoms with Crippen molar-refractivity contribution in [2.24, 2.45) is 0 Å². The van der Waals surface area contributed by atoms with Crippen molar-refractivity contribution < 1.29 is 9.59 Å². The zero-order valence-corrected chi connectivity index (χ0v) is 24.2. The molecule has 0 saturated carbocycles. The van der Waals surface area contributed by atoms with E-state index in [0.29, 0.717) is 46.0 Å². The fourth-order valence-corrected chi connectivity index (χ4v) is 7.40. The van der Waals surface area contributed by atoms with Gasteiger partial charge in [0.25, 0.3) is 11.8 Å². The van der Waals surface area contributed by atoms with E-state index in [-0.39, 0.29) is 11.8 Å². The van der Waals surface area contributed by atoms with Gasteiger partial charge in [-0.05, 0) is 37.1 Å². The lowest BCUT2D eigenvalue weighted by atomic mass is 10.1. The van der Waals surface area contributed by atoms with E-state index in [1.807, 2.05) is 86.6 Å². The maximum absolute atomic E-state index is 13.3. The van der Waals surface area contributed by atoms with Crippen molar-refractivity contribution in [1.82, 2.24) is 9.80 Å². The highest BCUT2D eigenvalue weighted by atomic mass is 35.5. The first-order valence-electron chi connectivity index (χ1n) is 12.4. The van der Waals surface area contributed by atoms with Gasteiger partial charge in [0.1, 0.15) is 9.75 Å². The summed E-state index contributed by atoms with van der Waals surface area (Å²) in [5, 5.41) is 2.87. The SMILES string of the molecule is CCN(Cc1ccc(CN(CC)C(=O)c2sc3ccccc3c2Cl)cc1)C(=O)c1sc2ccccc2c1Cl. The summed E-state index contributed by atoms with van der Waals surface area (Å²) in [5.41, 5.74) is 2.03. The molecule has 5 aromatic rings. The van der Waals surface area contributed by atoms with E-state index < -0.39 is 0 Å². The molecule has 0 fully saturated rings. The number of thiophene rings is 2. The molecule has 0 N–H and O–H groups in total. The normalized spacial score (nSPS) is 11.3. The third-order valence-corrected chi connectivity index (χ3v) is 9.89. The summed E-state index contributed by atoms with van der Waals surface area (Å²) in [7, 11) is 0. The smallest absolute Gasteiger partial charge is 0.265 e. The molecule has 0 aliphatic heterocycles. The lowest BCUT2D eigenvalue weighted by Gasteiger charge is -2.22. The molecule has 0 atom stereocenters. The van der Waals surface area contributed by atoms with Gasteiger partial charge in [0.2, 0.25) is 0 Å². The number of rotatable bonds is 8. The second-order valence-corrected chi connectivity index (χ2v) is 11.8. The number of hydrogen-bond donors (Lipinski definition) is 0. The van der Waals surface area contributed by atoms with E-state index in [1.54, 1.807) is 9.80 Å². The summed E-state index contributed by atoms with van der Waals surface area (Å²) in [6, 6.07) is 23.7. The third kappa shape index (κ3) is 5.19. The highest BCUT2D eigenvalue weighted by Crippen LogP contribution is 2.37. The number of amides is 2. The molecule has 0 aliphatic rings. The number of benzene rings is 3. The Morgan fingerprint density at radius 3 is 1.34 bits per heavy atom. The van der Waals surface area contributed by atoms with Gasteiger partial charge in [0.15, 0.2) is 0 Å². The predicted molar refractivity (Wildman–Crippen MR) is 161 cm³/mol. The zero-order valence-electron chi connectivity index (χ0n) is 21.0. The molecular weight excluding hydrogens is 555 g/mol. The molecule has 4 nitrogen and oxygen atoms in total. The lowest BCUT2D eigenvalue weighted by molar-refractivity contribution is 0.0748. The number of fused-ring (bicyclic) bond motifs is 2. The molecule has 2 amide bonds. The molecule has 0 radical (unpaired) electrons. The number of carbonyl (C=O) groups is 2. The van der Waals surface area contributed by atoms with Crippen LogP contribution in [0.15, 0.2) is 72.8 Å². The van der Waals surface area contributed by atoms with E-state index in [9.17, 15) is 9.59 Å². The average Bonchev–Trinajstić information content (AvgIpc) is 3.47. The molecule has 0 unspecified atom stereocenters. The topological polar surface area (TPSA) is 40.6 Å². The summed E-state index contributed by atoms with van der Waals surface area (Å²) in [5.74, 6) is -0.128. The Bertz CT molecular complexity index is 1500. The molecule has 0 bridgehead atoms. The van der Waals surface area contributed by atoms with Crippen molar-refractivity contribution in [3.63, 3.8) is 0 Å². The van der Waals surface area contributed by atoms with Gasteiger partial charge in [0.05, 0.1) is 10.0 Å². The molecule has 38 heavy (non-hydrogen) atoms. The fraction of sp³-hybridized carbons (Fsp3) is 0.200. The molecule has 5 rings (SSSR count). The highest BCUT2D eigenvalue weighted by Gasteiger charge is 2.23. The van der Waals surface area contributed by atoms with E-state index in [0.717, 1.165) is 31.3 Å². The Kier molecular flexibility index (Phi) is 8.05. The standard InChI is InChI=1S/C30H26Cl2N2O2S2/c1-3-33(29(35)27-25(31)21-9-5-7-11-23(21)37-27)17-19-13-15-20(16-14-19)18-34(4-2)30(36)28-26(32)22-10-6-8-12-24(22)38-28/h5-16H,3-4,17-18H2,1-2H3. The summed E-state index contributed by atoms with van der Waals surface area (Å²) < 4.78 is 2.02. The average molecular weight is 582 g/mol. The summed E-state index contributed by atoms with van der Waals surface area (Å²) in [6.45, 7) is 6.04. The number of halogens is 2. The van der Waals surface area contributed by atoms with E-state index in [1.165, 1.54) is 22.7 Å².